The lowest BCUT2D eigenvalue weighted by atomic mass is 9.84. The first kappa shape index (κ1) is 17.8. The number of nitrogens with one attached hydrogen (secondary N) is 1. The highest BCUT2D eigenvalue weighted by Crippen LogP contribution is 2.32. The van der Waals surface area contributed by atoms with Crippen molar-refractivity contribution < 1.29 is 14.3 Å². The normalized spacial score (nSPS) is 15.2. The third kappa shape index (κ3) is 4.47. The molecule has 0 atom stereocenters. The van der Waals surface area contributed by atoms with Crippen molar-refractivity contribution in [2.45, 2.75) is 19.3 Å². The Morgan fingerprint density at radius 1 is 1.22 bits per heavy atom. The third-order valence-electron chi connectivity index (χ3n) is 4.14. The monoisotopic (exact) mass is 338 g/mol. The molecule has 1 heterocycles. The van der Waals surface area contributed by atoms with E-state index < -0.39 is 0 Å². The fourth-order valence-corrected chi connectivity index (χ4v) is 3.44. The highest BCUT2D eigenvalue weighted by atomic mass is 32.2. The van der Waals surface area contributed by atoms with Gasteiger partial charge in [-0.25, -0.2) is 4.79 Å². The van der Waals surface area contributed by atoms with Crippen molar-refractivity contribution in [2.24, 2.45) is 0 Å². The molecule has 1 aromatic carbocycles. The SMILES string of the molecule is COc1ccc(C(C)(C)CNC(=O)N2CCSCC2)cc1OC. The predicted molar refractivity (Wildman–Crippen MR) is 94.9 cm³/mol. The maximum atomic E-state index is 12.3. The second-order valence-corrected chi connectivity index (χ2v) is 7.44. The maximum Gasteiger partial charge on any atom is 0.317 e. The van der Waals surface area contributed by atoms with E-state index >= 15 is 0 Å². The lowest BCUT2D eigenvalue weighted by molar-refractivity contribution is 0.200. The van der Waals surface area contributed by atoms with E-state index in [0.717, 1.165) is 30.2 Å². The van der Waals surface area contributed by atoms with Gasteiger partial charge in [0.15, 0.2) is 11.5 Å². The quantitative estimate of drug-likeness (QED) is 0.897. The van der Waals surface area contributed by atoms with Gasteiger partial charge >= 0.3 is 6.03 Å². The summed E-state index contributed by atoms with van der Waals surface area (Å²) < 4.78 is 10.6. The summed E-state index contributed by atoms with van der Waals surface area (Å²) in [7, 11) is 3.25. The van der Waals surface area contributed by atoms with Gasteiger partial charge in [0.1, 0.15) is 0 Å². The fraction of sp³-hybridized carbons (Fsp3) is 0.588. The molecule has 0 bridgehead atoms. The number of benzene rings is 1. The van der Waals surface area contributed by atoms with Crippen molar-refractivity contribution in [1.29, 1.82) is 0 Å². The molecule has 6 heteroatoms. The maximum absolute atomic E-state index is 12.3. The van der Waals surface area contributed by atoms with Crippen molar-refractivity contribution in [3.05, 3.63) is 23.8 Å². The van der Waals surface area contributed by atoms with Gasteiger partial charge in [0.05, 0.1) is 14.2 Å². The van der Waals surface area contributed by atoms with Gasteiger partial charge in [-0.2, -0.15) is 11.8 Å². The molecule has 1 aliphatic heterocycles. The molecular formula is C17H26N2O3S. The second kappa shape index (κ2) is 7.81. The molecule has 0 aromatic heterocycles. The Hall–Kier alpha value is -1.56. The molecule has 0 spiro atoms. The molecule has 0 radical (unpaired) electrons. The van der Waals surface area contributed by atoms with E-state index in [2.05, 4.69) is 19.2 Å². The number of amides is 2. The molecule has 23 heavy (non-hydrogen) atoms. The van der Waals surface area contributed by atoms with Crippen LogP contribution in [0.15, 0.2) is 18.2 Å². The molecule has 2 rings (SSSR count). The summed E-state index contributed by atoms with van der Waals surface area (Å²) >= 11 is 1.90. The number of thioether (sulfide) groups is 1. The third-order valence-corrected chi connectivity index (χ3v) is 5.09. The van der Waals surface area contributed by atoms with Crippen LogP contribution in [0.3, 0.4) is 0 Å². The van der Waals surface area contributed by atoms with E-state index in [1.807, 2.05) is 34.9 Å². The first-order chi connectivity index (χ1) is 11.0. The number of urea groups is 1. The smallest absolute Gasteiger partial charge is 0.317 e. The van der Waals surface area contributed by atoms with Gasteiger partial charge in [0, 0.05) is 36.6 Å². The van der Waals surface area contributed by atoms with Crippen LogP contribution in [-0.2, 0) is 5.41 Å². The Bertz CT molecular complexity index is 543. The molecule has 0 saturated carbocycles. The highest BCUT2D eigenvalue weighted by molar-refractivity contribution is 7.99. The zero-order chi connectivity index (χ0) is 16.9. The number of hydrogen-bond acceptors (Lipinski definition) is 4. The van der Waals surface area contributed by atoms with Gasteiger partial charge < -0.3 is 19.7 Å². The van der Waals surface area contributed by atoms with E-state index in [1.54, 1.807) is 14.2 Å². The van der Waals surface area contributed by atoms with Crippen LogP contribution < -0.4 is 14.8 Å². The van der Waals surface area contributed by atoms with Crippen LogP contribution in [0.4, 0.5) is 4.79 Å². The van der Waals surface area contributed by atoms with Crippen molar-refractivity contribution in [3.63, 3.8) is 0 Å². The Morgan fingerprint density at radius 3 is 2.48 bits per heavy atom. The fourth-order valence-electron chi connectivity index (χ4n) is 2.53. The van der Waals surface area contributed by atoms with Crippen molar-refractivity contribution in [3.8, 4) is 11.5 Å². The highest BCUT2D eigenvalue weighted by Gasteiger charge is 2.25. The molecule has 1 fully saturated rings. The first-order valence-electron chi connectivity index (χ1n) is 7.81. The lowest BCUT2D eigenvalue weighted by Crippen LogP contribution is -2.47. The second-order valence-electron chi connectivity index (χ2n) is 6.21. The van der Waals surface area contributed by atoms with Gasteiger partial charge in [0.25, 0.3) is 0 Å². The zero-order valence-corrected chi connectivity index (χ0v) is 15.2. The zero-order valence-electron chi connectivity index (χ0n) is 14.3. The molecule has 0 aliphatic carbocycles. The predicted octanol–water partition coefficient (Wildman–Crippen LogP) is 2.74. The number of carbonyl (C=O) groups is 1. The number of ether oxygens (including phenoxy) is 2. The summed E-state index contributed by atoms with van der Waals surface area (Å²) in [6.45, 7) is 6.45. The van der Waals surface area contributed by atoms with Gasteiger partial charge in [0.2, 0.25) is 0 Å². The van der Waals surface area contributed by atoms with Crippen LogP contribution in [0.25, 0.3) is 0 Å². The van der Waals surface area contributed by atoms with Gasteiger partial charge in [-0.3, -0.25) is 0 Å². The number of carbonyl (C=O) groups excluding carboxylic acids is 1. The Kier molecular flexibility index (Phi) is 6.04. The Balaban J connectivity index is 2.01. The van der Waals surface area contributed by atoms with Crippen LogP contribution in [-0.4, -0.2) is 56.3 Å². The van der Waals surface area contributed by atoms with E-state index in [1.165, 1.54) is 0 Å². The van der Waals surface area contributed by atoms with Gasteiger partial charge in [-0.1, -0.05) is 19.9 Å². The molecule has 1 aromatic rings. The standard InChI is InChI=1S/C17H26N2O3S/c1-17(2,12-18-16(20)19-7-9-23-10-8-19)13-5-6-14(21-3)15(11-13)22-4/h5-6,11H,7-10,12H2,1-4H3,(H,18,20). The van der Waals surface area contributed by atoms with Crippen molar-refractivity contribution >= 4 is 17.8 Å². The molecule has 1 N–H and O–H groups in total. The molecule has 1 saturated heterocycles. The average Bonchev–Trinajstić information content (AvgIpc) is 2.59. The topological polar surface area (TPSA) is 50.8 Å². The summed E-state index contributed by atoms with van der Waals surface area (Å²) in [5.41, 5.74) is 0.907. The van der Waals surface area contributed by atoms with Crippen LogP contribution >= 0.6 is 11.8 Å². The van der Waals surface area contributed by atoms with E-state index in [4.69, 9.17) is 9.47 Å². The number of hydrogen-bond donors (Lipinski definition) is 1. The number of nitrogens with zero attached hydrogens (tertiary/aromatic N) is 1. The van der Waals surface area contributed by atoms with E-state index in [0.29, 0.717) is 18.0 Å². The van der Waals surface area contributed by atoms with Crippen LogP contribution in [0.5, 0.6) is 11.5 Å². The molecular weight excluding hydrogens is 312 g/mol. The summed E-state index contributed by atoms with van der Waals surface area (Å²) in [5.74, 6) is 3.46. The largest absolute Gasteiger partial charge is 0.493 e. The molecule has 2 amide bonds. The summed E-state index contributed by atoms with van der Waals surface area (Å²) in [6, 6.07) is 5.92. The van der Waals surface area contributed by atoms with Crippen molar-refractivity contribution in [2.75, 3.05) is 45.4 Å². The molecule has 128 valence electrons. The van der Waals surface area contributed by atoms with E-state index in [9.17, 15) is 4.79 Å². The van der Waals surface area contributed by atoms with E-state index in [-0.39, 0.29) is 11.4 Å². The average molecular weight is 338 g/mol. The first-order valence-corrected chi connectivity index (χ1v) is 8.96. The summed E-state index contributed by atoms with van der Waals surface area (Å²) in [5, 5.41) is 3.06. The minimum atomic E-state index is -0.195. The van der Waals surface area contributed by atoms with Gasteiger partial charge in [-0.05, 0) is 17.7 Å². The summed E-state index contributed by atoms with van der Waals surface area (Å²) in [6.07, 6.45) is 0. The van der Waals surface area contributed by atoms with Crippen LogP contribution in [0.1, 0.15) is 19.4 Å². The number of rotatable bonds is 5. The summed E-state index contributed by atoms with van der Waals surface area (Å²) in [4.78, 5) is 14.2. The minimum Gasteiger partial charge on any atom is -0.493 e. The molecule has 1 aliphatic rings. The Morgan fingerprint density at radius 2 is 1.87 bits per heavy atom. The lowest BCUT2D eigenvalue weighted by Gasteiger charge is -2.30. The molecule has 0 unspecified atom stereocenters. The minimum absolute atomic E-state index is 0.0267. The van der Waals surface area contributed by atoms with Gasteiger partial charge in [-0.15, -0.1) is 0 Å². The van der Waals surface area contributed by atoms with Crippen LogP contribution in [0, 0.1) is 0 Å². The Labute approximate surface area is 142 Å². The number of methoxy groups -OCH3 is 2. The van der Waals surface area contributed by atoms with Crippen molar-refractivity contribution in [1.82, 2.24) is 10.2 Å². The molecule has 5 nitrogen and oxygen atoms in total. The van der Waals surface area contributed by atoms with Crippen LogP contribution in [0.2, 0.25) is 0 Å².